The van der Waals surface area contributed by atoms with Crippen LogP contribution in [0, 0.1) is 23.7 Å². The molecule has 0 amide bonds. The molecule has 64 heavy (non-hydrogen) atoms. The van der Waals surface area contributed by atoms with E-state index in [9.17, 15) is 45.6 Å². The number of hydrogen-bond donors (Lipinski definition) is 8. The molecule has 4 fully saturated rings. The van der Waals surface area contributed by atoms with Crippen molar-refractivity contribution in [1.29, 1.82) is 0 Å². The Balaban J connectivity index is 1.90. The third-order valence-electron chi connectivity index (χ3n) is 14.2. The molecule has 20 nitrogen and oxygen atoms in total. The van der Waals surface area contributed by atoms with Crippen LogP contribution in [0.3, 0.4) is 0 Å². The number of carbonyl (C=O) groups is 1. The summed E-state index contributed by atoms with van der Waals surface area (Å²) in [5.41, 5.74) is -5.07. The molecule has 8 N–H and O–H groups in total. The highest BCUT2D eigenvalue weighted by Gasteiger charge is 2.54. The van der Waals surface area contributed by atoms with E-state index in [1.54, 1.807) is 48.5 Å². The van der Waals surface area contributed by atoms with Gasteiger partial charge in [-0.25, -0.2) is 0 Å². The Bertz CT molecular complexity index is 1510. The number of esters is 1. The molecule has 0 aromatic carbocycles. The number of methoxy groups -OCH3 is 2. The topological polar surface area (TPSA) is 278 Å². The molecule has 4 heterocycles. The van der Waals surface area contributed by atoms with Gasteiger partial charge in [-0.2, -0.15) is 0 Å². The number of carbonyl (C=O) groups excluding carboxylic acids is 1. The van der Waals surface area contributed by atoms with E-state index in [1.165, 1.54) is 28.1 Å². The summed E-state index contributed by atoms with van der Waals surface area (Å²) in [5, 5.41) is 96.3. The Morgan fingerprint density at radius 2 is 1.45 bits per heavy atom. The van der Waals surface area contributed by atoms with Gasteiger partial charge in [-0.05, 0) is 74.9 Å². The highest BCUT2D eigenvalue weighted by molar-refractivity contribution is 5.88. The van der Waals surface area contributed by atoms with Gasteiger partial charge in [-0.3, -0.25) is 4.79 Å². The van der Waals surface area contributed by atoms with E-state index in [0.717, 1.165) is 0 Å². The zero-order chi connectivity index (χ0) is 48.4. The molecule has 23 atom stereocenters. The number of nitrogens with zero attached hydrogens (tertiary/aromatic N) is 2. The number of likely N-dealkylation sites (N-methyl/N-ethyl adjacent to an activating group) is 1. The van der Waals surface area contributed by atoms with Crippen LogP contribution >= 0.6 is 0 Å². The minimum absolute atomic E-state index is 0.0440. The first-order valence-corrected chi connectivity index (χ1v) is 22.6. The van der Waals surface area contributed by atoms with E-state index in [4.69, 9.17) is 42.7 Å². The van der Waals surface area contributed by atoms with E-state index < -0.39 is 145 Å². The van der Waals surface area contributed by atoms with Crippen LogP contribution in [0.2, 0.25) is 0 Å². The smallest absolute Gasteiger partial charge is 0.311 e. The SMILES string of the molecule is CCC1OC(=O)[C@H](C)C(O[C@H]2C[C@@](C)(OC)[C@@H](O)[C@H](C)O2)[C@H](C)[C@@H](O[C@@H]2O[C@H](C)C[C@H](N(C)C)[C@H]2O)[C@](C)(O)C[C@@H](C)/C(=N\O[C@H]2[C@@H](O)[C@H](OC)O[C@H](CO)[C@H]2O)[C@H](C)[C@@H](O)[C@]1(C)O. The van der Waals surface area contributed by atoms with E-state index in [0.29, 0.717) is 6.42 Å². The van der Waals surface area contributed by atoms with Crippen molar-refractivity contribution in [1.82, 2.24) is 4.90 Å². The van der Waals surface area contributed by atoms with Crippen LogP contribution in [0.25, 0.3) is 0 Å². The van der Waals surface area contributed by atoms with E-state index in [-0.39, 0.29) is 31.1 Å². The summed E-state index contributed by atoms with van der Waals surface area (Å²) in [5.74, 6) is -4.82. The van der Waals surface area contributed by atoms with Crippen molar-refractivity contribution in [3.05, 3.63) is 0 Å². The fourth-order valence-corrected chi connectivity index (χ4v) is 10.1. The van der Waals surface area contributed by atoms with Crippen molar-refractivity contribution >= 4 is 11.7 Å². The normalized spacial score (nSPS) is 49.9. The summed E-state index contributed by atoms with van der Waals surface area (Å²) in [7, 11) is 6.39. The van der Waals surface area contributed by atoms with Crippen LogP contribution in [0.1, 0.15) is 94.9 Å². The average molecular weight is 925 g/mol. The summed E-state index contributed by atoms with van der Waals surface area (Å²) in [6, 6.07) is -0.390. The maximum atomic E-state index is 14.5. The van der Waals surface area contributed by atoms with Crippen molar-refractivity contribution < 1.29 is 88.4 Å². The lowest BCUT2D eigenvalue weighted by molar-refractivity contribution is -0.318. The number of rotatable bonds is 11. The second kappa shape index (κ2) is 22.2. The zero-order valence-corrected chi connectivity index (χ0v) is 40.1. The molecule has 374 valence electrons. The first kappa shape index (κ1) is 54.9. The van der Waals surface area contributed by atoms with Gasteiger partial charge in [0, 0.05) is 44.4 Å². The molecule has 0 spiro atoms. The molecular formula is C44H80N2O18. The Morgan fingerprint density at radius 1 is 0.812 bits per heavy atom. The first-order chi connectivity index (χ1) is 29.7. The lowest BCUT2D eigenvalue weighted by Crippen LogP contribution is -2.61. The van der Waals surface area contributed by atoms with Gasteiger partial charge in [0.25, 0.3) is 0 Å². The molecule has 0 saturated carbocycles. The molecule has 2 unspecified atom stereocenters. The number of aliphatic hydroxyl groups is 8. The Hall–Kier alpha value is -1.70. The Labute approximate surface area is 378 Å². The van der Waals surface area contributed by atoms with Gasteiger partial charge in [0.15, 0.2) is 25.0 Å². The van der Waals surface area contributed by atoms with E-state index >= 15 is 0 Å². The van der Waals surface area contributed by atoms with Gasteiger partial charge in [-0.1, -0.05) is 32.9 Å². The van der Waals surface area contributed by atoms with Crippen LogP contribution < -0.4 is 0 Å². The summed E-state index contributed by atoms with van der Waals surface area (Å²) in [6.07, 6.45) is -17.9. The molecule has 4 aliphatic heterocycles. The second-order valence-electron chi connectivity index (χ2n) is 19.6. The minimum Gasteiger partial charge on any atom is -0.459 e. The van der Waals surface area contributed by atoms with Gasteiger partial charge in [0.1, 0.15) is 42.2 Å². The molecular weight excluding hydrogens is 844 g/mol. The summed E-state index contributed by atoms with van der Waals surface area (Å²) in [6.45, 7) is 15.7. The van der Waals surface area contributed by atoms with Gasteiger partial charge < -0.3 is 88.5 Å². The molecule has 0 bridgehead atoms. The van der Waals surface area contributed by atoms with Gasteiger partial charge >= 0.3 is 5.97 Å². The van der Waals surface area contributed by atoms with Crippen LogP contribution in [0.4, 0.5) is 0 Å². The summed E-state index contributed by atoms with van der Waals surface area (Å²) in [4.78, 5) is 22.2. The molecule has 20 heteroatoms. The Morgan fingerprint density at radius 3 is 2.02 bits per heavy atom. The van der Waals surface area contributed by atoms with Gasteiger partial charge in [0.05, 0.1) is 60.0 Å². The lowest BCUT2D eigenvalue weighted by Gasteiger charge is -2.49. The monoisotopic (exact) mass is 925 g/mol. The average Bonchev–Trinajstić information content (AvgIpc) is 3.23. The Kier molecular flexibility index (Phi) is 19.0. The quantitative estimate of drug-likeness (QED) is 0.100. The van der Waals surface area contributed by atoms with E-state index in [1.807, 2.05) is 25.9 Å². The number of aliphatic hydroxyl groups excluding tert-OH is 6. The molecule has 4 aliphatic rings. The van der Waals surface area contributed by atoms with Gasteiger partial charge in [-0.15, -0.1) is 0 Å². The maximum absolute atomic E-state index is 14.5. The van der Waals surface area contributed by atoms with Crippen molar-refractivity contribution in [2.75, 3.05) is 34.9 Å². The fraction of sp³-hybridized carbons (Fsp3) is 0.955. The third kappa shape index (κ3) is 11.8. The molecule has 0 aliphatic carbocycles. The molecule has 0 radical (unpaired) electrons. The van der Waals surface area contributed by atoms with Crippen LogP contribution in [-0.2, 0) is 47.5 Å². The van der Waals surface area contributed by atoms with Crippen molar-refractivity contribution in [2.45, 2.75) is 210 Å². The van der Waals surface area contributed by atoms with Crippen LogP contribution in [0.5, 0.6) is 0 Å². The largest absolute Gasteiger partial charge is 0.459 e. The highest BCUT2D eigenvalue weighted by atomic mass is 16.7. The third-order valence-corrected chi connectivity index (χ3v) is 14.2. The molecule has 0 aromatic rings. The van der Waals surface area contributed by atoms with Crippen LogP contribution in [-0.4, -0.2) is 207 Å². The standard InChI is InChI=1S/C44H80N2O18/c1-15-28-44(10,55)36(51)22(4)30(45-64-35-32(49)27(19-47)60-40(56-13)33(35)50)20(2)17-42(8,54)38(63-41-31(48)26(46(11)12)16-21(3)58-41)23(5)34(24(6)39(53)61-28)62-29-18-43(9,57-14)37(52)25(7)59-29/h20-29,31-38,40-41,47-52,54-55H,15-19H2,1-14H3/b45-30+/t20-,21-,22+,23+,24-,25+,26+,27-,28?,29+,31-,32-,33-,34?,35-,36-,37+,38-,40-,41+,42-,43-,44-/m1/s1. The van der Waals surface area contributed by atoms with Crippen LogP contribution in [0.15, 0.2) is 5.16 Å². The number of cyclic esters (lactones) is 1. The minimum atomic E-state index is -2.11. The predicted molar refractivity (Wildman–Crippen MR) is 228 cm³/mol. The number of ether oxygens (including phenoxy) is 8. The van der Waals surface area contributed by atoms with Crippen molar-refractivity contribution in [3.63, 3.8) is 0 Å². The summed E-state index contributed by atoms with van der Waals surface area (Å²) < 4.78 is 48.4. The molecule has 0 aromatic heterocycles. The highest BCUT2D eigenvalue weighted by Crippen LogP contribution is 2.41. The van der Waals surface area contributed by atoms with Crippen molar-refractivity contribution in [2.24, 2.45) is 28.8 Å². The van der Waals surface area contributed by atoms with E-state index in [2.05, 4.69) is 5.16 Å². The lowest BCUT2D eigenvalue weighted by atomic mass is 9.73. The zero-order valence-electron chi connectivity index (χ0n) is 40.1. The summed E-state index contributed by atoms with van der Waals surface area (Å²) >= 11 is 0. The molecule has 4 saturated heterocycles. The van der Waals surface area contributed by atoms with Crippen molar-refractivity contribution in [3.8, 4) is 0 Å². The first-order valence-electron chi connectivity index (χ1n) is 22.6. The second-order valence-corrected chi connectivity index (χ2v) is 19.6. The fourth-order valence-electron chi connectivity index (χ4n) is 10.1. The molecule has 4 rings (SSSR count). The number of oxime groups is 1. The number of hydrogen-bond acceptors (Lipinski definition) is 20. The maximum Gasteiger partial charge on any atom is 0.311 e. The predicted octanol–water partition coefficient (Wildman–Crippen LogP) is 0.0431. The van der Waals surface area contributed by atoms with Gasteiger partial charge in [0.2, 0.25) is 0 Å².